The van der Waals surface area contributed by atoms with Crippen molar-refractivity contribution in [1.82, 2.24) is 5.32 Å². The number of amides is 1. The van der Waals surface area contributed by atoms with E-state index in [1.807, 2.05) is 31.2 Å². The van der Waals surface area contributed by atoms with E-state index in [4.69, 9.17) is 5.11 Å². The Kier molecular flexibility index (Phi) is 5.17. The molecule has 98 valence electrons. The van der Waals surface area contributed by atoms with E-state index in [1.54, 1.807) is 6.92 Å². The van der Waals surface area contributed by atoms with Crippen molar-refractivity contribution in [2.45, 2.75) is 26.3 Å². The highest BCUT2D eigenvalue weighted by atomic mass is 16.5. The Bertz CT molecular complexity index is 431. The smallest absolute Gasteiger partial charge is 0.407 e. The number of aryl methyl sites for hydroxylation is 1. The van der Waals surface area contributed by atoms with Gasteiger partial charge in [-0.2, -0.15) is 0 Å². The van der Waals surface area contributed by atoms with Gasteiger partial charge in [-0.1, -0.05) is 24.3 Å². The third-order valence-electron chi connectivity index (χ3n) is 2.55. The molecule has 0 bridgehead atoms. The van der Waals surface area contributed by atoms with Gasteiger partial charge in [0, 0.05) is 6.42 Å². The van der Waals surface area contributed by atoms with Crippen molar-refractivity contribution in [2.24, 2.45) is 0 Å². The zero-order valence-electron chi connectivity index (χ0n) is 10.5. The second-order valence-corrected chi connectivity index (χ2v) is 3.89. The maximum Gasteiger partial charge on any atom is 0.407 e. The summed E-state index contributed by atoms with van der Waals surface area (Å²) < 4.78 is 4.68. The molecule has 1 aromatic rings. The van der Waals surface area contributed by atoms with Crippen molar-refractivity contribution in [2.75, 3.05) is 6.61 Å². The van der Waals surface area contributed by atoms with Crippen LogP contribution in [0, 0.1) is 6.92 Å². The lowest BCUT2D eigenvalue weighted by Gasteiger charge is -2.15. The van der Waals surface area contributed by atoms with Gasteiger partial charge in [0.25, 0.3) is 0 Å². The van der Waals surface area contributed by atoms with Crippen molar-refractivity contribution >= 4 is 12.1 Å². The molecule has 1 atom stereocenters. The number of rotatable bonds is 5. The molecule has 18 heavy (non-hydrogen) atoms. The van der Waals surface area contributed by atoms with Crippen LogP contribution in [0.25, 0.3) is 0 Å². The summed E-state index contributed by atoms with van der Waals surface area (Å²) in [4.78, 5) is 22.3. The van der Waals surface area contributed by atoms with Crippen LogP contribution in [0.4, 0.5) is 4.79 Å². The molecule has 0 saturated heterocycles. The van der Waals surface area contributed by atoms with Gasteiger partial charge in [0.2, 0.25) is 0 Å². The van der Waals surface area contributed by atoms with Crippen LogP contribution in [0.5, 0.6) is 0 Å². The van der Waals surface area contributed by atoms with Crippen LogP contribution in [-0.2, 0) is 16.0 Å². The number of hydrogen-bond donors (Lipinski definition) is 2. The molecule has 2 N–H and O–H groups in total. The second-order valence-electron chi connectivity index (χ2n) is 3.89. The highest BCUT2D eigenvalue weighted by Gasteiger charge is 2.21. The number of aliphatic carboxylic acids is 1. The number of carboxylic acids is 1. The highest BCUT2D eigenvalue weighted by molar-refractivity contribution is 5.80. The third kappa shape index (κ3) is 4.08. The van der Waals surface area contributed by atoms with Gasteiger partial charge in [0.1, 0.15) is 6.04 Å². The number of nitrogens with one attached hydrogen (secondary N) is 1. The molecular formula is C13H17NO4. The van der Waals surface area contributed by atoms with Crippen molar-refractivity contribution < 1.29 is 19.4 Å². The topological polar surface area (TPSA) is 75.6 Å². The Morgan fingerprint density at radius 3 is 2.61 bits per heavy atom. The van der Waals surface area contributed by atoms with Gasteiger partial charge >= 0.3 is 12.1 Å². The molecule has 0 aliphatic carbocycles. The van der Waals surface area contributed by atoms with Crippen LogP contribution >= 0.6 is 0 Å². The lowest BCUT2D eigenvalue weighted by Crippen LogP contribution is -2.42. The summed E-state index contributed by atoms with van der Waals surface area (Å²) in [6.45, 7) is 3.78. The van der Waals surface area contributed by atoms with Gasteiger partial charge in [-0.25, -0.2) is 9.59 Å². The van der Waals surface area contributed by atoms with Crippen LogP contribution in [0.3, 0.4) is 0 Å². The minimum atomic E-state index is -1.08. The van der Waals surface area contributed by atoms with Gasteiger partial charge in [-0.05, 0) is 25.0 Å². The minimum absolute atomic E-state index is 0.211. The van der Waals surface area contributed by atoms with Crippen LogP contribution < -0.4 is 5.32 Å². The van der Waals surface area contributed by atoms with Crippen molar-refractivity contribution in [3.05, 3.63) is 35.4 Å². The standard InChI is InChI=1S/C13H17NO4/c1-3-18-13(17)14-11(12(15)16)8-10-7-5-4-6-9(10)2/h4-7,11H,3,8H2,1-2H3,(H,14,17)(H,15,16)/t11-/m0/s1. The van der Waals surface area contributed by atoms with Gasteiger partial charge in [-0.15, -0.1) is 0 Å². The number of hydrogen-bond acceptors (Lipinski definition) is 3. The van der Waals surface area contributed by atoms with Crippen molar-refractivity contribution in [3.63, 3.8) is 0 Å². The summed E-state index contributed by atoms with van der Waals surface area (Å²) in [5.41, 5.74) is 1.89. The summed E-state index contributed by atoms with van der Waals surface area (Å²) in [5, 5.41) is 11.4. The van der Waals surface area contributed by atoms with Crippen molar-refractivity contribution in [3.8, 4) is 0 Å². The van der Waals surface area contributed by atoms with Crippen molar-refractivity contribution in [1.29, 1.82) is 0 Å². The molecule has 1 aromatic carbocycles. The number of carbonyl (C=O) groups is 2. The molecule has 0 saturated carbocycles. The van der Waals surface area contributed by atoms with E-state index in [9.17, 15) is 9.59 Å². The first-order chi connectivity index (χ1) is 8.54. The molecule has 0 aliphatic heterocycles. The van der Waals surface area contributed by atoms with Gasteiger partial charge in [-0.3, -0.25) is 0 Å². The SMILES string of the molecule is CCOC(=O)N[C@@H](Cc1ccccc1C)C(=O)O. The molecule has 1 amide bonds. The largest absolute Gasteiger partial charge is 0.480 e. The monoisotopic (exact) mass is 251 g/mol. The number of ether oxygens (including phenoxy) is 1. The maximum atomic E-state index is 11.2. The van der Waals surface area contributed by atoms with Gasteiger partial charge < -0.3 is 15.2 Å². The average Bonchev–Trinajstić information content (AvgIpc) is 2.31. The van der Waals surface area contributed by atoms with E-state index in [-0.39, 0.29) is 13.0 Å². The minimum Gasteiger partial charge on any atom is -0.480 e. The molecule has 0 aliphatic rings. The molecule has 5 nitrogen and oxygen atoms in total. The Hall–Kier alpha value is -2.04. The normalized spacial score (nSPS) is 11.7. The third-order valence-corrected chi connectivity index (χ3v) is 2.55. The zero-order chi connectivity index (χ0) is 13.5. The summed E-state index contributed by atoms with van der Waals surface area (Å²) in [7, 11) is 0. The molecule has 1 rings (SSSR count). The summed E-state index contributed by atoms with van der Waals surface area (Å²) in [6.07, 6.45) is -0.473. The first kappa shape index (κ1) is 14.0. The predicted octanol–water partition coefficient (Wildman–Crippen LogP) is 1.74. The maximum absolute atomic E-state index is 11.2. The molecule has 0 radical (unpaired) electrons. The predicted molar refractivity (Wildman–Crippen MR) is 66.5 cm³/mol. The molecule has 5 heteroatoms. The zero-order valence-corrected chi connectivity index (χ0v) is 10.5. The summed E-state index contributed by atoms with van der Waals surface area (Å²) in [6, 6.07) is 6.49. The van der Waals surface area contributed by atoms with E-state index < -0.39 is 18.1 Å². The van der Waals surface area contributed by atoms with Crippen LogP contribution in [0.1, 0.15) is 18.1 Å². The fourth-order valence-electron chi connectivity index (χ4n) is 1.57. The van der Waals surface area contributed by atoms with Crippen LogP contribution in [0.15, 0.2) is 24.3 Å². The lowest BCUT2D eigenvalue weighted by molar-refractivity contribution is -0.139. The van der Waals surface area contributed by atoms with E-state index in [0.717, 1.165) is 11.1 Å². The fraction of sp³-hybridized carbons (Fsp3) is 0.385. The molecular weight excluding hydrogens is 234 g/mol. The van der Waals surface area contributed by atoms with E-state index >= 15 is 0 Å². The molecule has 0 spiro atoms. The summed E-state index contributed by atoms with van der Waals surface area (Å²) in [5.74, 6) is -1.08. The van der Waals surface area contributed by atoms with Gasteiger partial charge in [0.05, 0.1) is 6.61 Å². The number of benzene rings is 1. The van der Waals surface area contributed by atoms with E-state index in [2.05, 4.69) is 10.1 Å². The average molecular weight is 251 g/mol. The fourth-order valence-corrected chi connectivity index (χ4v) is 1.57. The molecule has 0 unspecified atom stereocenters. The number of alkyl carbamates (subject to hydrolysis) is 1. The quantitative estimate of drug-likeness (QED) is 0.835. The Morgan fingerprint density at radius 1 is 1.39 bits per heavy atom. The Labute approximate surface area is 106 Å². The highest BCUT2D eigenvalue weighted by Crippen LogP contribution is 2.10. The van der Waals surface area contributed by atoms with Crippen LogP contribution in [0.2, 0.25) is 0 Å². The Morgan fingerprint density at radius 2 is 2.06 bits per heavy atom. The molecule has 0 fully saturated rings. The number of carbonyl (C=O) groups excluding carboxylic acids is 1. The Balaban J connectivity index is 2.72. The second kappa shape index (κ2) is 6.64. The first-order valence-corrected chi connectivity index (χ1v) is 5.75. The lowest BCUT2D eigenvalue weighted by atomic mass is 10.0. The molecule has 0 heterocycles. The van der Waals surface area contributed by atoms with Gasteiger partial charge in [0.15, 0.2) is 0 Å². The van der Waals surface area contributed by atoms with E-state index in [1.165, 1.54) is 0 Å². The molecule has 0 aromatic heterocycles. The first-order valence-electron chi connectivity index (χ1n) is 5.75. The van der Waals surface area contributed by atoms with Crippen LogP contribution in [-0.4, -0.2) is 29.8 Å². The summed E-state index contributed by atoms with van der Waals surface area (Å²) >= 11 is 0. The number of carboxylic acid groups (broad SMARTS) is 1. The van der Waals surface area contributed by atoms with E-state index in [0.29, 0.717) is 0 Å².